The smallest absolute Gasteiger partial charge is 0.119 e. The fourth-order valence-electron chi connectivity index (χ4n) is 2.29. The summed E-state index contributed by atoms with van der Waals surface area (Å²) in [5, 5.41) is 0. The Morgan fingerprint density at radius 1 is 1.35 bits per heavy atom. The maximum atomic E-state index is 5.97. The summed E-state index contributed by atoms with van der Waals surface area (Å²) in [6.07, 6.45) is 2.70. The van der Waals surface area contributed by atoms with Crippen molar-refractivity contribution in [3.8, 4) is 5.75 Å². The first-order valence-electron chi connectivity index (χ1n) is 6.64. The van der Waals surface area contributed by atoms with E-state index in [9.17, 15) is 0 Å². The predicted molar refractivity (Wildman–Crippen MR) is 71.7 cm³/mol. The molecule has 0 aromatic heterocycles. The summed E-state index contributed by atoms with van der Waals surface area (Å²) >= 11 is 0. The Morgan fingerprint density at radius 2 is 2.06 bits per heavy atom. The third-order valence-corrected chi connectivity index (χ3v) is 3.71. The molecule has 0 aliphatic carbocycles. The predicted octanol–water partition coefficient (Wildman–Crippen LogP) is 3.28. The maximum Gasteiger partial charge on any atom is 0.119 e. The first-order chi connectivity index (χ1) is 8.19. The summed E-state index contributed by atoms with van der Waals surface area (Å²) in [7, 11) is 2.15. The van der Waals surface area contributed by atoms with Crippen molar-refractivity contribution in [2.24, 2.45) is 0 Å². The fraction of sp³-hybridized carbons (Fsp3) is 0.600. The number of benzene rings is 1. The molecule has 2 nitrogen and oxygen atoms in total. The number of ether oxygens (including phenoxy) is 1. The van der Waals surface area contributed by atoms with E-state index in [-0.39, 0.29) is 0 Å². The zero-order chi connectivity index (χ0) is 12.3. The molecular formula is C15H23NO. The van der Waals surface area contributed by atoms with Gasteiger partial charge in [-0.15, -0.1) is 0 Å². The van der Waals surface area contributed by atoms with Gasteiger partial charge in [0.25, 0.3) is 0 Å². The summed E-state index contributed by atoms with van der Waals surface area (Å²) in [5.41, 5.74) is 1.41. The molecule has 0 radical (unpaired) electrons. The van der Waals surface area contributed by atoms with Crippen LogP contribution in [0.4, 0.5) is 0 Å². The standard InChI is InChI=1S/C15H23NO/c1-4-12(2)13-5-7-14(8-6-13)17-15-9-10-16(3)11-15/h5-8,12,15H,4,9-11H2,1-3H3. The van der Waals surface area contributed by atoms with Gasteiger partial charge in [0.2, 0.25) is 0 Å². The Labute approximate surface area is 105 Å². The SMILES string of the molecule is CCC(C)c1ccc(OC2CCN(C)C2)cc1. The van der Waals surface area contributed by atoms with E-state index >= 15 is 0 Å². The molecule has 2 rings (SSSR count). The molecule has 1 fully saturated rings. The highest BCUT2D eigenvalue weighted by Crippen LogP contribution is 2.23. The van der Waals surface area contributed by atoms with Gasteiger partial charge in [-0.2, -0.15) is 0 Å². The third-order valence-electron chi connectivity index (χ3n) is 3.71. The molecule has 0 N–H and O–H groups in total. The van der Waals surface area contributed by atoms with Crippen molar-refractivity contribution < 1.29 is 4.74 Å². The van der Waals surface area contributed by atoms with Crippen LogP contribution in [0.25, 0.3) is 0 Å². The Balaban J connectivity index is 1.94. The highest BCUT2D eigenvalue weighted by molar-refractivity contribution is 5.29. The van der Waals surface area contributed by atoms with Gasteiger partial charge in [-0.1, -0.05) is 26.0 Å². The van der Waals surface area contributed by atoms with E-state index in [1.165, 1.54) is 12.0 Å². The summed E-state index contributed by atoms with van der Waals surface area (Å²) < 4.78 is 5.97. The van der Waals surface area contributed by atoms with Crippen LogP contribution in [-0.4, -0.2) is 31.1 Å². The molecule has 0 saturated carbocycles. The van der Waals surface area contributed by atoms with Crippen molar-refractivity contribution in [2.75, 3.05) is 20.1 Å². The average Bonchev–Trinajstić information content (AvgIpc) is 2.75. The number of rotatable bonds is 4. The van der Waals surface area contributed by atoms with Crippen molar-refractivity contribution in [1.82, 2.24) is 4.90 Å². The van der Waals surface area contributed by atoms with Crippen LogP contribution in [0.1, 0.15) is 38.2 Å². The Morgan fingerprint density at radius 3 is 2.59 bits per heavy atom. The minimum Gasteiger partial charge on any atom is -0.489 e. The summed E-state index contributed by atoms with van der Waals surface area (Å²) in [4.78, 5) is 2.32. The van der Waals surface area contributed by atoms with Crippen molar-refractivity contribution >= 4 is 0 Å². The number of likely N-dealkylation sites (N-methyl/N-ethyl adjacent to an activating group) is 1. The summed E-state index contributed by atoms with van der Waals surface area (Å²) in [5.74, 6) is 1.65. The molecule has 0 spiro atoms. The second-order valence-electron chi connectivity index (χ2n) is 5.17. The summed E-state index contributed by atoms with van der Waals surface area (Å²) in [6.45, 7) is 6.69. The van der Waals surface area contributed by atoms with Gasteiger partial charge in [0.05, 0.1) is 0 Å². The monoisotopic (exact) mass is 233 g/mol. The van der Waals surface area contributed by atoms with Crippen molar-refractivity contribution in [2.45, 2.75) is 38.7 Å². The largest absolute Gasteiger partial charge is 0.489 e. The minimum absolute atomic E-state index is 0.370. The lowest BCUT2D eigenvalue weighted by Crippen LogP contribution is -2.21. The maximum absolute atomic E-state index is 5.97. The van der Waals surface area contributed by atoms with Crippen LogP contribution in [0.2, 0.25) is 0 Å². The number of likely N-dealkylation sites (tertiary alicyclic amines) is 1. The molecule has 2 atom stereocenters. The normalized spacial score (nSPS) is 22.6. The van der Waals surface area contributed by atoms with Crippen LogP contribution < -0.4 is 4.74 Å². The van der Waals surface area contributed by atoms with Crippen LogP contribution in [-0.2, 0) is 0 Å². The fourth-order valence-corrected chi connectivity index (χ4v) is 2.29. The zero-order valence-corrected chi connectivity index (χ0v) is 11.1. The van der Waals surface area contributed by atoms with Crippen molar-refractivity contribution in [3.63, 3.8) is 0 Å². The van der Waals surface area contributed by atoms with Gasteiger partial charge in [0.15, 0.2) is 0 Å². The Kier molecular flexibility index (Phi) is 4.06. The van der Waals surface area contributed by atoms with Crippen LogP contribution in [0.5, 0.6) is 5.75 Å². The van der Waals surface area contributed by atoms with Crippen molar-refractivity contribution in [3.05, 3.63) is 29.8 Å². The van der Waals surface area contributed by atoms with Gasteiger partial charge in [0.1, 0.15) is 11.9 Å². The molecule has 2 heteroatoms. The highest BCUT2D eigenvalue weighted by atomic mass is 16.5. The molecule has 2 unspecified atom stereocenters. The topological polar surface area (TPSA) is 12.5 Å². The molecule has 1 saturated heterocycles. The second-order valence-corrected chi connectivity index (χ2v) is 5.17. The first-order valence-corrected chi connectivity index (χ1v) is 6.64. The van der Waals surface area contributed by atoms with Gasteiger partial charge in [-0.25, -0.2) is 0 Å². The van der Waals surface area contributed by atoms with Gasteiger partial charge < -0.3 is 9.64 Å². The van der Waals surface area contributed by atoms with Crippen LogP contribution in [0, 0.1) is 0 Å². The van der Waals surface area contributed by atoms with Gasteiger partial charge in [0, 0.05) is 13.1 Å². The van der Waals surface area contributed by atoms with E-state index in [0.29, 0.717) is 12.0 Å². The molecule has 1 aromatic rings. The van der Waals surface area contributed by atoms with Gasteiger partial charge in [-0.05, 0) is 43.5 Å². The van der Waals surface area contributed by atoms with E-state index in [0.717, 1.165) is 25.3 Å². The lowest BCUT2D eigenvalue weighted by Gasteiger charge is -2.15. The Bertz CT molecular complexity index is 346. The van der Waals surface area contributed by atoms with E-state index in [1.807, 2.05) is 0 Å². The molecular weight excluding hydrogens is 210 g/mol. The lowest BCUT2D eigenvalue weighted by atomic mass is 9.99. The highest BCUT2D eigenvalue weighted by Gasteiger charge is 2.20. The van der Waals surface area contributed by atoms with Crippen molar-refractivity contribution in [1.29, 1.82) is 0 Å². The van der Waals surface area contributed by atoms with E-state index in [4.69, 9.17) is 4.74 Å². The molecule has 1 aliphatic rings. The zero-order valence-electron chi connectivity index (χ0n) is 11.1. The van der Waals surface area contributed by atoms with E-state index in [2.05, 4.69) is 50.1 Å². The molecule has 1 heterocycles. The first kappa shape index (κ1) is 12.4. The average molecular weight is 233 g/mol. The molecule has 0 amide bonds. The Hall–Kier alpha value is -1.02. The quantitative estimate of drug-likeness (QED) is 0.791. The molecule has 1 aromatic carbocycles. The molecule has 0 bridgehead atoms. The van der Waals surface area contributed by atoms with Crippen LogP contribution >= 0.6 is 0 Å². The van der Waals surface area contributed by atoms with E-state index < -0.39 is 0 Å². The van der Waals surface area contributed by atoms with Crippen LogP contribution in [0.3, 0.4) is 0 Å². The van der Waals surface area contributed by atoms with Gasteiger partial charge in [-0.3, -0.25) is 0 Å². The summed E-state index contributed by atoms with van der Waals surface area (Å²) in [6, 6.07) is 8.62. The second kappa shape index (κ2) is 5.54. The van der Waals surface area contributed by atoms with E-state index in [1.54, 1.807) is 0 Å². The minimum atomic E-state index is 0.370. The molecule has 94 valence electrons. The van der Waals surface area contributed by atoms with Crippen LogP contribution in [0.15, 0.2) is 24.3 Å². The molecule has 17 heavy (non-hydrogen) atoms. The lowest BCUT2D eigenvalue weighted by molar-refractivity contribution is 0.208. The number of nitrogens with zero attached hydrogens (tertiary/aromatic N) is 1. The number of hydrogen-bond acceptors (Lipinski definition) is 2. The number of hydrogen-bond donors (Lipinski definition) is 0. The molecule has 1 aliphatic heterocycles. The third kappa shape index (κ3) is 3.22. The van der Waals surface area contributed by atoms with Gasteiger partial charge >= 0.3 is 0 Å².